The molecule has 3 atom stereocenters. The first-order chi connectivity index (χ1) is 7.99. The molecule has 0 heterocycles. The number of aliphatic hydroxyl groups is 1. The molecule has 5 N–H and O–H groups in total. The summed E-state index contributed by atoms with van der Waals surface area (Å²) in [5, 5.41) is 9.52. The van der Waals surface area contributed by atoms with Gasteiger partial charge in [0, 0.05) is 24.3 Å². The highest BCUT2D eigenvalue weighted by Crippen LogP contribution is 2.45. The lowest BCUT2D eigenvalue weighted by molar-refractivity contribution is 0.102. The fraction of sp³-hybridized carbons (Fsp3) is 0.500. The van der Waals surface area contributed by atoms with E-state index in [4.69, 9.17) is 16.2 Å². The van der Waals surface area contributed by atoms with Crippen molar-refractivity contribution >= 4 is 5.69 Å². The van der Waals surface area contributed by atoms with Gasteiger partial charge in [0.25, 0.3) is 0 Å². The third kappa shape index (κ3) is 2.13. The number of nitrogens with two attached hydrogens (primary N) is 2. The van der Waals surface area contributed by atoms with Crippen LogP contribution in [0.5, 0.6) is 0 Å². The molecule has 1 aliphatic rings. The first-order valence-corrected chi connectivity index (χ1v) is 5.50. The van der Waals surface area contributed by atoms with Gasteiger partial charge >= 0.3 is 0 Å². The molecule has 5 heteroatoms. The summed E-state index contributed by atoms with van der Waals surface area (Å²) >= 11 is 0. The molecule has 0 radical (unpaired) electrons. The number of aliphatic hydroxyl groups excluding tert-OH is 1. The molecule has 3 unspecified atom stereocenters. The molecule has 94 valence electrons. The minimum absolute atomic E-state index is 0.148. The summed E-state index contributed by atoms with van der Waals surface area (Å²) in [6, 6.07) is 4.28. The number of ether oxygens (including phenoxy) is 1. The van der Waals surface area contributed by atoms with Crippen LogP contribution in [0.15, 0.2) is 18.2 Å². The number of halogens is 1. The Morgan fingerprint density at radius 1 is 1.59 bits per heavy atom. The van der Waals surface area contributed by atoms with Gasteiger partial charge in [-0.1, -0.05) is 0 Å². The van der Waals surface area contributed by atoms with Crippen molar-refractivity contribution in [3.8, 4) is 0 Å². The van der Waals surface area contributed by atoms with Crippen molar-refractivity contribution in [2.45, 2.75) is 18.1 Å². The molecule has 1 fully saturated rings. The number of hydrogen-bond acceptors (Lipinski definition) is 4. The third-order valence-corrected chi connectivity index (χ3v) is 3.29. The Hall–Kier alpha value is -1.17. The molecule has 0 amide bonds. The Morgan fingerprint density at radius 2 is 2.24 bits per heavy atom. The molecule has 0 aromatic heterocycles. The Morgan fingerprint density at radius 3 is 2.76 bits per heavy atom. The normalized spacial score (nSPS) is 26.6. The van der Waals surface area contributed by atoms with E-state index < -0.39 is 17.5 Å². The highest BCUT2D eigenvalue weighted by Gasteiger charge is 2.52. The monoisotopic (exact) mass is 240 g/mol. The summed E-state index contributed by atoms with van der Waals surface area (Å²) in [6.45, 7) is 0.148. The van der Waals surface area contributed by atoms with Crippen LogP contribution in [0.25, 0.3) is 0 Å². The zero-order valence-electron chi connectivity index (χ0n) is 9.69. The summed E-state index contributed by atoms with van der Waals surface area (Å²) in [5.41, 5.74) is 11.6. The predicted octanol–water partition coefficient (Wildman–Crippen LogP) is 0.589. The second-order valence-corrected chi connectivity index (χ2v) is 4.62. The van der Waals surface area contributed by atoms with Crippen LogP contribution < -0.4 is 11.5 Å². The summed E-state index contributed by atoms with van der Waals surface area (Å²) in [7, 11) is 1.50. The van der Waals surface area contributed by atoms with Crippen LogP contribution in [0.3, 0.4) is 0 Å². The fourth-order valence-corrected chi connectivity index (χ4v) is 2.26. The highest BCUT2D eigenvalue weighted by molar-refractivity contribution is 5.45. The number of nitrogen functional groups attached to an aromatic ring is 1. The Balaban J connectivity index is 2.41. The van der Waals surface area contributed by atoms with Crippen molar-refractivity contribution in [1.29, 1.82) is 0 Å². The molecule has 1 saturated carbocycles. The van der Waals surface area contributed by atoms with Crippen LogP contribution in [0.2, 0.25) is 0 Å². The van der Waals surface area contributed by atoms with Crippen LogP contribution in [-0.2, 0) is 10.3 Å². The largest absolute Gasteiger partial charge is 0.399 e. The minimum atomic E-state index is -1.02. The molecule has 0 saturated heterocycles. The molecule has 1 aliphatic carbocycles. The maximum Gasteiger partial charge on any atom is 0.128 e. The maximum absolute atomic E-state index is 13.8. The number of hydrogen-bond donors (Lipinski definition) is 3. The van der Waals surface area contributed by atoms with E-state index in [1.807, 2.05) is 0 Å². The lowest BCUT2D eigenvalue weighted by atomic mass is 9.86. The van der Waals surface area contributed by atoms with E-state index in [-0.39, 0.29) is 12.5 Å². The molecule has 2 rings (SSSR count). The van der Waals surface area contributed by atoms with Crippen LogP contribution in [-0.4, -0.2) is 24.9 Å². The van der Waals surface area contributed by atoms with Crippen molar-refractivity contribution < 1.29 is 14.2 Å². The lowest BCUT2D eigenvalue weighted by Crippen LogP contribution is -2.45. The van der Waals surface area contributed by atoms with Gasteiger partial charge in [-0.3, -0.25) is 0 Å². The Kier molecular flexibility index (Phi) is 3.07. The molecule has 0 bridgehead atoms. The van der Waals surface area contributed by atoms with Crippen molar-refractivity contribution in [2.75, 3.05) is 19.5 Å². The van der Waals surface area contributed by atoms with Crippen molar-refractivity contribution in [1.82, 2.24) is 0 Å². The van der Waals surface area contributed by atoms with Crippen LogP contribution in [0.1, 0.15) is 12.0 Å². The Labute approximate surface area is 99.4 Å². The molecule has 17 heavy (non-hydrogen) atoms. The van der Waals surface area contributed by atoms with Crippen LogP contribution >= 0.6 is 0 Å². The summed E-state index contributed by atoms with van der Waals surface area (Å²) in [4.78, 5) is 0. The Bertz CT molecular complexity index is 427. The summed E-state index contributed by atoms with van der Waals surface area (Å²) < 4.78 is 18.9. The molecule has 1 aromatic carbocycles. The van der Waals surface area contributed by atoms with E-state index in [2.05, 4.69) is 0 Å². The van der Waals surface area contributed by atoms with E-state index in [0.717, 1.165) is 0 Å². The molecule has 0 spiro atoms. The van der Waals surface area contributed by atoms with Gasteiger partial charge in [-0.25, -0.2) is 4.39 Å². The van der Waals surface area contributed by atoms with Gasteiger partial charge in [-0.05, 0) is 24.6 Å². The molecular formula is C12H17FN2O2. The quantitative estimate of drug-likeness (QED) is 0.673. The van der Waals surface area contributed by atoms with Crippen molar-refractivity contribution in [3.63, 3.8) is 0 Å². The van der Waals surface area contributed by atoms with Gasteiger partial charge in [0.1, 0.15) is 5.82 Å². The molecular weight excluding hydrogens is 223 g/mol. The van der Waals surface area contributed by atoms with E-state index >= 15 is 0 Å². The van der Waals surface area contributed by atoms with Gasteiger partial charge < -0.3 is 21.3 Å². The highest BCUT2D eigenvalue weighted by atomic mass is 19.1. The second kappa shape index (κ2) is 4.25. The van der Waals surface area contributed by atoms with Crippen LogP contribution in [0, 0.1) is 11.7 Å². The van der Waals surface area contributed by atoms with Gasteiger partial charge in [-0.2, -0.15) is 0 Å². The zero-order valence-corrected chi connectivity index (χ0v) is 9.69. The van der Waals surface area contributed by atoms with Crippen LogP contribution in [0.4, 0.5) is 10.1 Å². The average molecular weight is 240 g/mol. The van der Waals surface area contributed by atoms with E-state index in [1.165, 1.54) is 25.3 Å². The smallest absolute Gasteiger partial charge is 0.128 e. The van der Waals surface area contributed by atoms with E-state index in [1.54, 1.807) is 0 Å². The molecule has 0 aliphatic heterocycles. The second-order valence-electron chi connectivity index (χ2n) is 4.62. The third-order valence-electron chi connectivity index (χ3n) is 3.29. The van der Waals surface area contributed by atoms with Gasteiger partial charge in [0.15, 0.2) is 0 Å². The van der Waals surface area contributed by atoms with Gasteiger partial charge in [0.2, 0.25) is 0 Å². The van der Waals surface area contributed by atoms with E-state index in [9.17, 15) is 9.50 Å². The van der Waals surface area contributed by atoms with Gasteiger partial charge in [0.05, 0.1) is 18.2 Å². The maximum atomic E-state index is 13.8. The first kappa shape index (κ1) is 12.3. The predicted molar refractivity (Wildman–Crippen MR) is 62.7 cm³/mol. The zero-order chi connectivity index (χ0) is 12.6. The molecule has 4 nitrogen and oxygen atoms in total. The number of methoxy groups -OCH3 is 1. The summed E-state index contributed by atoms with van der Waals surface area (Å²) in [5.74, 6) is -0.600. The number of rotatable bonds is 4. The minimum Gasteiger partial charge on any atom is -0.399 e. The van der Waals surface area contributed by atoms with Crippen molar-refractivity contribution in [3.05, 3.63) is 29.6 Å². The summed E-state index contributed by atoms with van der Waals surface area (Å²) in [6.07, 6.45) is 0.0738. The number of benzene rings is 1. The standard InChI is InChI=1S/C12H17FN2O2/c1-17-6-12(15,9-5-11(9)16)8-4-7(14)2-3-10(8)13/h2-4,9,11,16H,5-6,14-15H2,1H3. The van der Waals surface area contributed by atoms with Crippen molar-refractivity contribution in [2.24, 2.45) is 11.7 Å². The lowest BCUT2D eigenvalue weighted by Gasteiger charge is -2.30. The molecule has 1 aromatic rings. The van der Waals surface area contributed by atoms with E-state index in [0.29, 0.717) is 17.7 Å². The SMILES string of the molecule is COCC(N)(c1cc(N)ccc1F)C1CC1O. The topological polar surface area (TPSA) is 81.5 Å². The first-order valence-electron chi connectivity index (χ1n) is 5.50. The number of anilines is 1. The fourth-order valence-electron chi connectivity index (χ4n) is 2.26. The van der Waals surface area contributed by atoms with Gasteiger partial charge in [-0.15, -0.1) is 0 Å². The average Bonchev–Trinajstić information content (AvgIpc) is 3.00.